The van der Waals surface area contributed by atoms with Crippen LogP contribution in [0, 0.1) is 0 Å². The predicted molar refractivity (Wildman–Crippen MR) is 90.3 cm³/mol. The van der Waals surface area contributed by atoms with Gasteiger partial charge in [0.05, 0.1) is 6.10 Å². The van der Waals surface area contributed by atoms with Crippen molar-refractivity contribution in [3.63, 3.8) is 0 Å². The van der Waals surface area contributed by atoms with Crippen molar-refractivity contribution < 1.29 is 15.2 Å². The number of aliphatic hydroxyl groups excluding tert-OH is 1. The Morgan fingerprint density at radius 3 is 2.45 bits per heavy atom. The smallest absolute Gasteiger partial charge is 0.427 e. The van der Waals surface area contributed by atoms with Crippen LogP contribution in [0.25, 0.3) is 0 Å². The zero-order valence-electron chi connectivity index (χ0n) is 13.4. The first kappa shape index (κ1) is 19.1. The molecule has 0 aromatic heterocycles. The molecule has 0 bridgehead atoms. The highest BCUT2D eigenvalue weighted by molar-refractivity contribution is 6.40. The van der Waals surface area contributed by atoms with E-state index in [1.165, 1.54) is 0 Å². The van der Waals surface area contributed by atoms with Crippen LogP contribution >= 0.6 is 0 Å². The summed E-state index contributed by atoms with van der Waals surface area (Å²) in [5.41, 5.74) is 7.00. The molecule has 0 aliphatic heterocycles. The summed E-state index contributed by atoms with van der Waals surface area (Å²) in [6, 6.07) is 9.77. The largest absolute Gasteiger partial charge is 0.451 e. The summed E-state index contributed by atoms with van der Waals surface area (Å²) in [4.78, 5) is 2.09. The van der Waals surface area contributed by atoms with Crippen molar-refractivity contribution >= 4 is 7.12 Å². The van der Waals surface area contributed by atoms with E-state index in [-0.39, 0.29) is 6.04 Å². The third-order valence-electron chi connectivity index (χ3n) is 3.84. The number of unbranched alkanes of at least 4 members (excludes halogenated alkanes) is 1. The lowest BCUT2D eigenvalue weighted by atomic mass is 9.83. The maximum atomic E-state index is 10.2. The van der Waals surface area contributed by atoms with Gasteiger partial charge >= 0.3 is 7.12 Å². The molecule has 22 heavy (non-hydrogen) atoms. The summed E-state index contributed by atoms with van der Waals surface area (Å²) in [6.45, 7) is 1.43. The lowest BCUT2D eigenvalue weighted by Gasteiger charge is -2.22. The van der Waals surface area contributed by atoms with Crippen LogP contribution in [-0.4, -0.2) is 53.4 Å². The van der Waals surface area contributed by atoms with E-state index in [1.807, 2.05) is 37.4 Å². The summed E-state index contributed by atoms with van der Waals surface area (Å²) in [5.74, 6) is 0. The van der Waals surface area contributed by atoms with E-state index in [4.69, 9.17) is 15.8 Å². The number of likely N-dealkylation sites (N-methyl/N-ethyl adjacent to an activating group) is 1. The third kappa shape index (κ3) is 8.51. The number of nitrogens with zero attached hydrogens (tertiary/aromatic N) is 1. The van der Waals surface area contributed by atoms with E-state index in [0.29, 0.717) is 12.9 Å². The van der Waals surface area contributed by atoms with E-state index in [0.717, 1.165) is 37.8 Å². The van der Waals surface area contributed by atoms with Gasteiger partial charge in [0.1, 0.15) is 0 Å². The second-order valence-electron chi connectivity index (χ2n) is 6.00. The second-order valence-corrected chi connectivity index (χ2v) is 6.00. The summed E-state index contributed by atoms with van der Waals surface area (Å²) in [6.07, 6.45) is 3.40. The van der Waals surface area contributed by atoms with Gasteiger partial charge in [-0.25, -0.2) is 0 Å². The van der Waals surface area contributed by atoms with Crippen molar-refractivity contribution in [3.05, 3.63) is 35.9 Å². The minimum Gasteiger partial charge on any atom is -0.427 e. The maximum Gasteiger partial charge on any atom is 0.451 e. The van der Waals surface area contributed by atoms with Crippen molar-refractivity contribution in [3.8, 4) is 0 Å². The molecule has 0 aliphatic carbocycles. The standard InChI is InChI=1S/C16H29BN2O3/c1-19(13-16(20)14-7-3-2-4-8-14)12-10-15(18)9-5-6-11-17(21)22/h2-4,7-8,15-16,20-22H,5-6,9-13,18H2,1H3. The normalized spacial score (nSPS) is 14.1. The zero-order valence-corrected chi connectivity index (χ0v) is 13.4. The molecule has 0 heterocycles. The molecule has 0 radical (unpaired) electrons. The molecule has 2 unspecified atom stereocenters. The lowest BCUT2D eigenvalue weighted by Crippen LogP contribution is -2.31. The Morgan fingerprint density at radius 2 is 1.82 bits per heavy atom. The topological polar surface area (TPSA) is 90.0 Å². The van der Waals surface area contributed by atoms with Crippen molar-refractivity contribution in [2.24, 2.45) is 5.73 Å². The van der Waals surface area contributed by atoms with Gasteiger partial charge in [-0.05, 0) is 38.3 Å². The molecule has 1 aromatic rings. The van der Waals surface area contributed by atoms with E-state index in [2.05, 4.69) is 4.90 Å². The van der Waals surface area contributed by atoms with Crippen molar-refractivity contribution in [1.29, 1.82) is 0 Å². The Morgan fingerprint density at radius 1 is 1.14 bits per heavy atom. The molecule has 1 aromatic carbocycles. The molecule has 0 saturated carbocycles. The molecular formula is C16H29BN2O3. The fourth-order valence-corrected chi connectivity index (χ4v) is 2.43. The zero-order chi connectivity index (χ0) is 16.4. The van der Waals surface area contributed by atoms with Crippen LogP contribution in [0.1, 0.15) is 37.4 Å². The fourth-order valence-electron chi connectivity index (χ4n) is 2.43. The first-order valence-electron chi connectivity index (χ1n) is 8.02. The number of hydrogen-bond donors (Lipinski definition) is 4. The quantitative estimate of drug-likeness (QED) is 0.362. The minimum atomic E-state index is -1.21. The van der Waals surface area contributed by atoms with Gasteiger partial charge in [0, 0.05) is 12.6 Å². The van der Waals surface area contributed by atoms with Crippen LogP contribution in [0.5, 0.6) is 0 Å². The van der Waals surface area contributed by atoms with E-state index in [1.54, 1.807) is 0 Å². The van der Waals surface area contributed by atoms with Crippen LogP contribution in [0.2, 0.25) is 6.32 Å². The summed E-state index contributed by atoms with van der Waals surface area (Å²) in [7, 11) is 0.780. The third-order valence-corrected chi connectivity index (χ3v) is 3.84. The average molecular weight is 308 g/mol. The van der Waals surface area contributed by atoms with Crippen molar-refractivity contribution in [2.45, 2.75) is 44.1 Å². The SMILES string of the molecule is CN(CCC(N)CCCCB(O)O)CC(O)c1ccccc1. The van der Waals surface area contributed by atoms with Gasteiger partial charge in [0.25, 0.3) is 0 Å². The number of benzene rings is 1. The molecule has 2 atom stereocenters. The molecule has 0 aliphatic rings. The second kappa shape index (κ2) is 10.8. The van der Waals surface area contributed by atoms with Gasteiger partial charge < -0.3 is 25.8 Å². The fraction of sp³-hybridized carbons (Fsp3) is 0.625. The van der Waals surface area contributed by atoms with E-state index in [9.17, 15) is 5.11 Å². The van der Waals surface area contributed by atoms with Gasteiger partial charge in [0.15, 0.2) is 0 Å². The van der Waals surface area contributed by atoms with Gasteiger partial charge in [-0.2, -0.15) is 0 Å². The van der Waals surface area contributed by atoms with Crippen LogP contribution < -0.4 is 5.73 Å². The molecule has 0 amide bonds. The van der Waals surface area contributed by atoms with Crippen LogP contribution in [0.4, 0.5) is 0 Å². The number of rotatable bonds is 11. The Bertz CT molecular complexity index is 392. The van der Waals surface area contributed by atoms with Gasteiger partial charge in [-0.3, -0.25) is 0 Å². The highest BCUT2D eigenvalue weighted by atomic mass is 16.4. The first-order chi connectivity index (χ1) is 10.5. The van der Waals surface area contributed by atoms with Crippen LogP contribution in [0.15, 0.2) is 30.3 Å². The Hall–Kier alpha value is -0.915. The van der Waals surface area contributed by atoms with E-state index >= 15 is 0 Å². The average Bonchev–Trinajstić information content (AvgIpc) is 2.50. The number of hydrogen-bond acceptors (Lipinski definition) is 5. The molecule has 5 nitrogen and oxygen atoms in total. The number of aliphatic hydroxyl groups is 1. The molecule has 0 fully saturated rings. The van der Waals surface area contributed by atoms with Crippen molar-refractivity contribution in [1.82, 2.24) is 4.90 Å². The van der Waals surface area contributed by atoms with Gasteiger partial charge in [-0.15, -0.1) is 0 Å². The number of nitrogens with two attached hydrogens (primary N) is 1. The highest BCUT2D eigenvalue weighted by Gasteiger charge is 2.12. The first-order valence-corrected chi connectivity index (χ1v) is 8.02. The summed E-state index contributed by atoms with van der Waals surface area (Å²) >= 11 is 0. The molecule has 0 spiro atoms. The van der Waals surface area contributed by atoms with Crippen LogP contribution in [0.3, 0.4) is 0 Å². The minimum absolute atomic E-state index is 0.118. The van der Waals surface area contributed by atoms with Crippen molar-refractivity contribution in [2.75, 3.05) is 20.1 Å². The molecular weight excluding hydrogens is 279 g/mol. The maximum absolute atomic E-state index is 10.2. The van der Waals surface area contributed by atoms with E-state index < -0.39 is 13.2 Å². The Kier molecular flexibility index (Phi) is 9.35. The molecule has 5 N–H and O–H groups in total. The highest BCUT2D eigenvalue weighted by Crippen LogP contribution is 2.13. The van der Waals surface area contributed by atoms with Gasteiger partial charge in [-0.1, -0.05) is 43.2 Å². The molecule has 124 valence electrons. The summed E-state index contributed by atoms with van der Waals surface area (Å²) in [5, 5.41) is 27.7. The lowest BCUT2D eigenvalue weighted by molar-refractivity contribution is 0.125. The molecule has 1 rings (SSSR count). The predicted octanol–water partition coefficient (Wildman–Crippen LogP) is 1.01. The Labute approximate surface area is 133 Å². The molecule has 0 saturated heterocycles. The van der Waals surface area contributed by atoms with Crippen LogP contribution in [-0.2, 0) is 0 Å². The summed E-state index contributed by atoms with van der Waals surface area (Å²) < 4.78 is 0. The van der Waals surface area contributed by atoms with Gasteiger partial charge in [0.2, 0.25) is 0 Å². The monoisotopic (exact) mass is 308 g/mol. The Balaban J connectivity index is 2.15. The molecule has 6 heteroatoms.